The second-order valence-electron chi connectivity index (χ2n) is 3.82. The Labute approximate surface area is 107 Å². The molecule has 0 unspecified atom stereocenters. The zero-order chi connectivity index (χ0) is 11.3. The third-order valence-electron chi connectivity index (χ3n) is 2.50. The average Bonchev–Trinajstić information content (AvgIpc) is 2.78. The standard InChI is InChI=1S/C14H16S2/c1-2-9-14(15-11-12-16-14)10-8-13-6-4-3-5-7-13/h3-7H,2,9,11-12H2,1H3. The van der Waals surface area contributed by atoms with Gasteiger partial charge in [-0.1, -0.05) is 43.4 Å². The van der Waals surface area contributed by atoms with Crippen LogP contribution < -0.4 is 0 Å². The summed E-state index contributed by atoms with van der Waals surface area (Å²) in [5.74, 6) is 9.30. The van der Waals surface area contributed by atoms with Gasteiger partial charge in [-0.2, -0.15) is 0 Å². The van der Waals surface area contributed by atoms with Crippen molar-refractivity contribution in [1.82, 2.24) is 0 Å². The highest BCUT2D eigenvalue weighted by atomic mass is 32.2. The second kappa shape index (κ2) is 5.70. The molecule has 1 heterocycles. The highest BCUT2D eigenvalue weighted by Crippen LogP contribution is 2.46. The van der Waals surface area contributed by atoms with Crippen LogP contribution in [0.5, 0.6) is 0 Å². The maximum Gasteiger partial charge on any atom is 0.122 e. The van der Waals surface area contributed by atoms with Crippen LogP contribution in [-0.4, -0.2) is 15.6 Å². The predicted molar refractivity (Wildman–Crippen MR) is 75.9 cm³/mol. The van der Waals surface area contributed by atoms with E-state index in [1.54, 1.807) is 0 Å². The summed E-state index contributed by atoms with van der Waals surface area (Å²) in [4.78, 5) is 0. The number of hydrogen-bond donors (Lipinski definition) is 0. The molecule has 0 nitrogen and oxygen atoms in total. The molecule has 0 N–H and O–H groups in total. The van der Waals surface area contributed by atoms with Gasteiger partial charge in [-0.15, -0.1) is 23.5 Å². The summed E-state index contributed by atoms with van der Waals surface area (Å²) < 4.78 is 0.171. The quantitative estimate of drug-likeness (QED) is 0.725. The Kier molecular flexibility index (Phi) is 4.26. The van der Waals surface area contributed by atoms with Gasteiger partial charge >= 0.3 is 0 Å². The minimum Gasteiger partial charge on any atom is -0.131 e. The van der Waals surface area contributed by atoms with Crippen LogP contribution in [0, 0.1) is 11.8 Å². The van der Waals surface area contributed by atoms with E-state index in [1.807, 2.05) is 41.7 Å². The van der Waals surface area contributed by atoms with Crippen molar-refractivity contribution in [2.75, 3.05) is 11.5 Å². The largest absolute Gasteiger partial charge is 0.131 e. The van der Waals surface area contributed by atoms with Crippen molar-refractivity contribution in [1.29, 1.82) is 0 Å². The maximum atomic E-state index is 3.49. The van der Waals surface area contributed by atoms with Gasteiger partial charge in [0.15, 0.2) is 0 Å². The Morgan fingerprint density at radius 2 is 1.88 bits per heavy atom. The zero-order valence-electron chi connectivity index (χ0n) is 9.53. The molecule has 0 atom stereocenters. The van der Waals surface area contributed by atoms with Gasteiger partial charge in [0.1, 0.15) is 4.08 Å². The Morgan fingerprint density at radius 3 is 2.50 bits per heavy atom. The van der Waals surface area contributed by atoms with Gasteiger partial charge in [-0.25, -0.2) is 0 Å². The van der Waals surface area contributed by atoms with E-state index in [1.165, 1.54) is 24.3 Å². The molecule has 84 valence electrons. The molecule has 0 aromatic heterocycles. The van der Waals surface area contributed by atoms with Crippen LogP contribution in [0.15, 0.2) is 30.3 Å². The van der Waals surface area contributed by atoms with Crippen LogP contribution in [0.4, 0.5) is 0 Å². The van der Waals surface area contributed by atoms with Gasteiger partial charge < -0.3 is 0 Å². The van der Waals surface area contributed by atoms with E-state index in [0.29, 0.717) is 0 Å². The molecule has 0 bridgehead atoms. The smallest absolute Gasteiger partial charge is 0.122 e. The van der Waals surface area contributed by atoms with Crippen LogP contribution in [0.3, 0.4) is 0 Å². The lowest BCUT2D eigenvalue weighted by molar-refractivity contribution is 0.811. The van der Waals surface area contributed by atoms with Crippen molar-refractivity contribution in [3.05, 3.63) is 35.9 Å². The average molecular weight is 248 g/mol. The summed E-state index contributed by atoms with van der Waals surface area (Å²) in [7, 11) is 0. The maximum absolute atomic E-state index is 3.49. The van der Waals surface area contributed by atoms with Crippen molar-refractivity contribution >= 4 is 23.5 Å². The third kappa shape index (κ3) is 2.99. The molecule has 16 heavy (non-hydrogen) atoms. The first-order valence-corrected chi connectivity index (χ1v) is 7.68. The fourth-order valence-electron chi connectivity index (χ4n) is 1.75. The van der Waals surface area contributed by atoms with E-state index < -0.39 is 0 Å². The Balaban J connectivity index is 2.15. The van der Waals surface area contributed by atoms with Gasteiger partial charge in [0.25, 0.3) is 0 Å². The Morgan fingerprint density at radius 1 is 1.19 bits per heavy atom. The molecule has 1 aromatic carbocycles. The molecule has 0 saturated carbocycles. The summed E-state index contributed by atoms with van der Waals surface area (Å²) in [6, 6.07) is 10.3. The van der Waals surface area contributed by atoms with E-state index in [4.69, 9.17) is 0 Å². The van der Waals surface area contributed by atoms with Crippen LogP contribution in [-0.2, 0) is 0 Å². The lowest BCUT2D eigenvalue weighted by Gasteiger charge is -2.19. The Bertz CT molecular complexity index is 380. The topological polar surface area (TPSA) is 0 Å². The lowest BCUT2D eigenvalue weighted by Crippen LogP contribution is -2.13. The van der Waals surface area contributed by atoms with E-state index in [-0.39, 0.29) is 4.08 Å². The first-order valence-electron chi connectivity index (χ1n) is 5.71. The van der Waals surface area contributed by atoms with Crippen molar-refractivity contribution in [3.63, 3.8) is 0 Å². The van der Waals surface area contributed by atoms with Crippen LogP contribution in [0.2, 0.25) is 0 Å². The molecule has 0 spiro atoms. The monoisotopic (exact) mass is 248 g/mol. The normalized spacial score (nSPS) is 17.8. The van der Waals surface area contributed by atoms with Gasteiger partial charge in [0, 0.05) is 17.1 Å². The van der Waals surface area contributed by atoms with Gasteiger partial charge in [0.05, 0.1) is 0 Å². The molecule has 2 heteroatoms. The van der Waals surface area contributed by atoms with Crippen molar-refractivity contribution < 1.29 is 0 Å². The first kappa shape index (κ1) is 12.0. The number of rotatable bonds is 2. The Hall–Kier alpha value is -0.520. The first-order chi connectivity index (χ1) is 7.85. The van der Waals surface area contributed by atoms with Crippen LogP contribution in [0.1, 0.15) is 25.3 Å². The molecule has 1 aliphatic heterocycles. The third-order valence-corrected chi connectivity index (χ3v) is 5.83. The molecule has 1 aliphatic rings. The van der Waals surface area contributed by atoms with E-state index in [2.05, 4.69) is 30.9 Å². The van der Waals surface area contributed by atoms with Crippen molar-refractivity contribution in [2.24, 2.45) is 0 Å². The minimum absolute atomic E-state index is 0.171. The zero-order valence-corrected chi connectivity index (χ0v) is 11.2. The highest BCUT2D eigenvalue weighted by Gasteiger charge is 2.32. The molecule has 2 rings (SSSR count). The molecule has 0 aliphatic carbocycles. The molecular weight excluding hydrogens is 232 g/mol. The molecule has 1 aromatic rings. The highest BCUT2D eigenvalue weighted by molar-refractivity contribution is 8.21. The predicted octanol–water partition coefficient (Wildman–Crippen LogP) is 4.01. The summed E-state index contributed by atoms with van der Waals surface area (Å²) >= 11 is 4.05. The summed E-state index contributed by atoms with van der Waals surface area (Å²) in [6.07, 6.45) is 2.41. The summed E-state index contributed by atoms with van der Waals surface area (Å²) in [5, 5.41) is 0. The fourth-order valence-corrected chi connectivity index (χ4v) is 4.85. The summed E-state index contributed by atoms with van der Waals surface area (Å²) in [6.45, 7) is 2.24. The molecular formula is C14H16S2. The van der Waals surface area contributed by atoms with Gasteiger partial charge in [-0.3, -0.25) is 0 Å². The lowest BCUT2D eigenvalue weighted by atomic mass is 10.2. The molecule has 1 fully saturated rings. The minimum atomic E-state index is 0.171. The van der Waals surface area contributed by atoms with Crippen LogP contribution in [0.25, 0.3) is 0 Å². The SMILES string of the molecule is CCCC1(C#Cc2ccccc2)SCCS1. The molecule has 0 amide bonds. The van der Waals surface area contributed by atoms with E-state index >= 15 is 0 Å². The molecule has 0 radical (unpaired) electrons. The van der Waals surface area contributed by atoms with Gasteiger partial charge in [-0.05, 0) is 18.6 Å². The summed E-state index contributed by atoms with van der Waals surface area (Å²) in [5.41, 5.74) is 1.13. The fraction of sp³-hybridized carbons (Fsp3) is 0.429. The number of benzene rings is 1. The molecule has 1 saturated heterocycles. The van der Waals surface area contributed by atoms with Crippen molar-refractivity contribution in [2.45, 2.75) is 23.8 Å². The van der Waals surface area contributed by atoms with E-state index in [9.17, 15) is 0 Å². The number of hydrogen-bond acceptors (Lipinski definition) is 2. The van der Waals surface area contributed by atoms with Gasteiger partial charge in [0.2, 0.25) is 0 Å². The number of thioether (sulfide) groups is 2. The van der Waals surface area contributed by atoms with E-state index in [0.717, 1.165) is 5.56 Å². The van der Waals surface area contributed by atoms with Crippen molar-refractivity contribution in [3.8, 4) is 11.8 Å². The van der Waals surface area contributed by atoms with Crippen LogP contribution >= 0.6 is 23.5 Å². The second-order valence-corrected chi connectivity index (χ2v) is 6.86.